The first-order valence-corrected chi connectivity index (χ1v) is 7.06. The molecule has 2 rings (SSSR count). The molecule has 5 nitrogen and oxygen atoms in total. The summed E-state index contributed by atoms with van der Waals surface area (Å²) in [7, 11) is 0. The van der Waals surface area contributed by atoms with Gasteiger partial charge >= 0.3 is 0 Å². The van der Waals surface area contributed by atoms with Gasteiger partial charge in [0, 0.05) is 18.7 Å². The van der Waals surface area contributed by atoms with Crippen molar-refractivity contribution in [2.24, 2.45) is 5.92 Å². The molecule has 0 saturated heterocycles. The molecule has 1 fully saturated rings. The molecule has 0 aliphatic heterocycles. The number of carbonyl (C=O) groups is 2. The van der Waals surface area contributed by atoms with Crippen molar-refractivity contribution in [3.63, 3.8) is 0 Å². The first kappa shape index (κ1) is 17.5. The van der Waals surface area contributed by atoms with Gasteiger partial charge in [-0.2, -0.15) is 0 Å². The fourth-order valence-electron chi connectivity index (χ4n) is 1.84. The van der Waals surface area contributed by atoms with Crippen LogP contribution in [0, 0.1) is 5.92 Å². The average molecular weight is 312 g/mol. The highest BCUT2D eigenvalue weighted by atomic mass is 35.5. The molecule has 0 unspecified atom stereocenters. The fraction of sp³-hybridized carbons (Fsp3) is 0.467. The molecule has 0 radical (unpaired) electrons. The van der Waals surface area contributed by atoms with Crippen LogP contribution in [0.25, 0.3) is 0 Å². The van der Waals surface area contributed by atoms with Crippen LogP contribution in [-0.4, -0.2) is 38.0 Å². The topological polar surface area (TPSA) is 70.2 Å². The Morgan fingerprint density at radius 2 is 1.71 bits per heavy atom. The standard InChI is InChI=1S/C15H21N3O2.ClH/c19-14(11-16-10-12-6-7-12)17-8-9-18-15(20)13-4-2-1-3-5-13;/h1-5,12,16H,6-11H2,(H,17,19)(H,18,20);1H. The summed E-state index contributed by atoms with van der Waals surface area (Å²) in [6, 6.07) is 9.03. The van der Waals surface area contributed by atoms with Crippen molar-refractivity contribution in [3.05, 3.63) is 35.9 Å². The van der Waals surface area contributed by atoms with Gasteiger partial charge in [-0.3, -0.25) is 9.59 Å². The van der Waals surface area contributed by atoms with E-state index in [0.717, 1.165) is 12.5 Å². The fourth-order valence-corrected chi connectivity index (χ4v) is 1.84. The minimum atomic E-state index is -0.119. The predicted octanol–water partition coefficient (Wildman–Crippen LogP) is 0.954. The van der Waals surface area contributed by atoms with E-state index in [1.165, 1.54) is 12.8 Å². The van der Waals surface area contributed by atoms with Crippen LogP contribution in [0.5, 0.6) is 0 Å². The van der Waals surface area contributed by atoms with Gasteiger partial charge in [-0.1, -0.05) is 18.2 Å². The van der Waals surface area contributed by atoms with Crippen LogP contribution in [0.3, 0.4) is 0 Å². The molecule has 2 amide bonds. The van der Waals surface area contributed by atoms with Crippen molar-refractivity contribution in [1.29, 1.82) is 0 Å². The van der Waals surface area contributed by atoms with E-state index in [9.17, 15) is 9.59 Å². The summed E-state index contributed by atoms with van der Waals surface area (Å²) in [6.07, 6.45) is 2.56. The summed E-state index contributed by atoms with van der Waals surface area (Å²) < 4.78 is 0. The summed E-state index contributed by atoms with van der Waals surface area (Å²) >= 11 is 0. The highest BCUT2D eigenvalue weighted by molar-refractivity contribution is 5.94. The number of carbonyl (C=O) groups excluding carboxylic acids is 2. The van der Waals surface area contributed by atoms with E-state index in [2.05, 4.69) is 16.0 Å². The van der Waals surface area contributed by atoms with Crippen molar-refractivity contribution in [2.45, 2.75) is 12.8 Å². The van der Waals surface area contributed by atoms with Crippen LogP contribution in [0.1, 0.15) is 23.2 Å². The van der Waals surface area contributed by atoms with Crippen LogP contribution >= 0.6 is 12.4 Å². The minimum absolute atomic E-state index is 0. The number of halogens is 1. The van der Waals surface area contributed by atoms with Gasteiger partial charge in [-0.15, -0.1) is 12.4 Å². The normalized spacial score (nSPS) is 13.1. The van der Waals surface area contributed by atoms with Gasteiger partial charge in [0.15, 0.2) is 0 Å². The maximum Gasteiger partial charge on any atom is 0.251 e. The Kier molecular flexibility index (Phi) is 7.79. The zero-order valence-corrected chi connectivity index (χ0v) is 12.7. The van der Waals surface area contributed by atoms with E-state index < -0.39 is 0 Å². The lowest BCUT2D eigenvalue weighted by Gasteiger charge is -2.07. The first-order chi connectivity index (χ1) is 9.75. The number of nitrogens with one attached hydrogen (secondary N) is 3. The Balaban J connectivity index is 0.00000220. The Labute approximate surface area is 131 Å². The number of hydrogen-bond acceptors (Lipinski definition) is 3. The lowest BCUT2D eigenvalue weighted by Crippen LogP contribution is -2.39. The first-order valence-electron chi connectivity index (χ1n) is 7.06. The average Bonchev–Trinajstić information content (AvgIpc) is 3.28. The van der Waals surface area contributed by atoms with E-state index in [0.29, 0.717) is 25.2 Å². The number of benzene rings is 1. The van der Waals surface area contributed by atoms with Crippen molar-refractivity contribution < 1.29 is 9.59 Å². The number of hydrogen-bond donors (Lipinski definition) is 3. The zero-order chi connectivity index (χ0) is 14.2. The smallest absolute Gasteiger partial charge is 0.251 e. The van der Waals surface area contributed by atoms with E-state index in [1.807, 2.05) is 18.2 Å². The molecule has 1 aliphatic carbocycles. The van der Waals surface area contributed by atoms with Gasteiger partial charge in [-0.25, -0.2) is 0 Å². The van der Waals surface area contributed by atoms with Crippen LogP contribution < -0.4 is 16.0 Å². The van der Waals surface area contributed by atoms with Crippen LogP contribution in [-0.2, 0) is 4.79 Å². The quantitative estimate of drug-likeness (QED) is 0.626. The van der Waals surface area contributed by atoms with Crippen molar-refractivity contribution >= 4 is 24.2 Å². The summed E-state index contributed by atoms with van der Waals surface area (Å²) in [5.74, 6) is 0.624. The lowest BCUT2D eigenvalue weighted by molar-refractivity contribution is -0.120. The van der Waals surface area contributed by atoms with E-state index >= 15 is 0 Å². The second kappa shape index (κ2) is 9.37. The molecular formula is C15H22ClN3O2. The molecule has 0 aromatic heterocycles. The van der Waals surface area contributed by atoms with Crippen LogP contribution in [0.2, 0.25) is 0 Å². The van der Waals surface area contributed by atoms with Gasteiger partial charge in [0.2, 0.25) is 5.91 Å². The molecular weight excluding hydrogens is 290 g/mol. The number of rotatable bonds is 8. The largest absolute Gasteiger partial charge is 0.353 e. The molecule has 0 spiro atoms. The summed E-state index contributed by atoms with van der Waals surface area (Å²) in [5, 5.41) is 8.66. The Morgan fingerprint density at radius 1 is 1.05 bits per heavy atom. The van der Waals surface area contributed by atoms with Crippen molar-refractivity contribution in [2.75, 3.05) is 26.2 Å². The highest BCUT2D eigenvalue weighted by Crippen LogP contribution is 2.27. The van der Waals surface area contributed by atoms with Gasteiger partial charge in [0.05, 0.1) is 6.54 Å². The summed E-state index contributed by atoms with van der Waals surface area (Å²) in [5.41, 5.74) is 0.630. The van der Waals surface area contributed by atoms with E-state index in [4.69, 9.17) is 0 Å². The van der Waals surface area contributed by atoms with E-state index in [1.54, 1.807) is 12.1 Å². The van der Waals surface area contributed by atoms with Crippen molar-refractivity contribution in [3.8, 4) is 0 Å². The maximum absolute atomic E-state index is 11.7. The highest BCUT2D eigenvalue weighted by Gasteiger charge is 2.20. The van der Waals surface area contributed by atoms with Crippen LogP contribution in [0.15, 0.2) is 30.3 Å². The molecule has 3 N–H and O–H groups in total. The molecule has 1 aromatic carbocycles. The van der Waals surface area contributed by atoms with E-state index in [-0.39, 0.29) is 24.2 Å². The molecule has 0 heterocycles. The third kappa shape index (κ3) is 7.11. The Bertz CT molecular complexity index is 449. The Morgan fingerprint density at radius 3 is 2.38 bits per heavy atom. The molecule has 0 bridgehead atoms. The van der Waals surface area contributed by atoms with Gasteiger partial charge < -0.3 is 16.0 Å². The maximum atomic E-state index is 11.7. The molecule has 1 aliphatic rings. The zero-order valence-electron chi connectivity index (χ0n) is 11.9. The summed E-state index contributed by atoms with van der Waals surface area (Å²) in [6.45, 7) is 2.16. The second-order valence-electron chi connectivity index (χ2n) is 5.05. The molecule has 116 valence electrons. The monoisotopic (exact) mass is 311 g/mol. The number of amides is 2. The summed E-state index contributed by atoms with van der Waals surface area (Å²) in [4.78, 5) is 23.2. The molecule has 6 heteroatoms. The van der Waals surface area contributed by atoms with Gasteiger partial charge in [0.1, 0.15) is 0 Å². The van der Waals surface area contributed by atoms with Gasteiger partial charge in [0.25, 0.3) is 5.91 Å². The predicted molar refractivity (Wildman–Crippen MR) is 84.6 cm³/mol. The molecule has 21 heavy (non-hydrogen) atoms. The Hall–Kier alpha value is -1.59. The third-order valence-corrected chi connectivity index (χ3v) is 3.18. The SMILES string of the molecule is Cl.O=C(CNCC1CC1)NCCNC(=O)c1ccccc1. The van der Waals surface area contributed by atoms with Gasteiger partial charge in [-0.05, 0) is 37.4 Å². The van der Waals surface area contributed by atoms with Crippen molar-refractivity contribution in [1.82, 2.24) is 16.0 Å². The minimum Gasteiger partial charge on any atom is -0.353 e. The third-order valence-electron chi connectivity index (χ3n) is 3.18. The molecule has 1 aromatic rings. The lowest BCUT2D eigenvalue weighted by atomic mass is 10.2. The molecule has 0 atom stereocenters. The molecule has 1 saturated carbocycles. The second-order valence-corrected chi connectivity index (χ2v) is 5.05. The van der Waals surface area contributed by atoms with Crippen LogP contribution in [0.4, 0.5) is 0 Å².